The fourth-order valence-electron chi connectivity index (χ4n) is 1.40. The minimum absolute atomic E-state index is 0.0407. The van der Waals surface area contributed by atoms with Crippen LogP contribution >= 0.6 is 23.1 Å². The summed E-state index contributed by atoms with van der Waals surface area (Å²) in [6, 6.07) is 3.09. The van der Waals surface area contributed by atoms with Crippen LogP contribution in [0.5, 0.6) is 0 Å². The molecule has 0 aliphatic carbocycles. The fraction of sp³-hybridized carbons (Fsp3) is 0.364. The van der Waals surface area contributed by atoms with Crippen molar-refractivity contribution in [1.82, 2.24) is 14.8 Å². The summed E-state index contributed by atoms with van der Waals surface area (Å²) in [5.74, 6) is 0.755. The van der Waals surface area contributed by atoms with E-state index >= 15 is 0 Å². The van der Waals surface area contributed by atoms with Crippen LogP contribution in [0.4, 0.5) is 10.8 Å². The Hall–Kier alpha value is -1.54. The van der Waals surface area contributed by atoms with Crippen LogP contribution in [0, 0.1) is 0 Å². The van der Waals surface area contributed by atoms with Crippen LogP contribution in [0.3, 0.4) is 0 Å². The highest BCUT2D eigenvalue weighted by molar-refractivity contribution is 8.01. The molecule has 0 fully saturated rings. The number of pyridine rings is 1. The molecule has 19 heavy (non-hydrogen) atoms. The number of hydrogen-bond acceptors (Lipinski definition) is 7. The lowest BCUT2D eigenvalue weighted by Crippen LogP contribution is -2.19. The first-order valence-corrected chi connectivity index (χ1v) is 7.46. The molecule has 0 unspecified atom stereocenters. The average molecular weight is 297 g/mol. The van der Waals surface area contributed by atoms with Gasteiger partial charge in [-0.3, -0.25) is 4.79 Å². The molecule has 0 aromatic carbocycles. The van der Waals surface area contributed by atoms with E-state index in [0.29, 0.717) is 12.2 Å². The van der Waals surface area contributed by atoms with Crippen LogP contribution in [-0.2, 0) is 6.54 Å². The summed E-state index contributed by atoms with van der Waals surface area (Å²) in [7, 11) is 3.86. The maximum Gasteiger partial charge on any atom is 0.250 e. The summed E-state index contributed by atoms with van der Waals surface area (Å²) in [6.45, 7) is 0.603. The lowest BCUT2D eigenvalue weighted by Gasteiger charge is -2.05. The third-order valence-corrected chi connectivity index (χ3v) is 4.55. The highest BCUT2D eigenvalue weighted by Gasteiger charge is 2.06. The van der Waals surface area contributed by atoms with Crippen molar-refractivity contribution in [1.29, 1.82) is 0 Å². The maximum atomic E-state index is 11.6. The molecule has 102 valence electrons. The maximum absolute atomic E-state index is 11.6. The van der Waals surface area contributed by atoms with Crippen molar-refractivity contribution in [2.24, 2.45) is 0 Å². The number of nitrogens with two attached hydrogens (primary N) is 1. The van der Waals surface area contributed by atoms with Gasteiger partial charge in [-0.2, -0.15) is 0 Å². The van der Waals surface area contributed by atoms with Gasteiger partial charge in [0.25, 0.3) is 5.56 Å². The van der Waals surface area contributed by atoms with E-state index in [2.05, 4.69) is 10.2 Å². The van der Waals surface area contributed by atoms with Crippen LogP contribution in [0.25, 0.3) is 0 Å². The van der Waals surface area contributed by atoms with Crippen LogP contribution in [0.2, 0.25) is 0 Å². The normalized spacial score (nSPS) is 10.6. The van der Waals surface area contributed by atoms with Gasteiger partial charge in [0.1, 0.15) is 0 Å². The summed E-state index contributed by atoms with van der Waals surface area (Å²) in [6.07, 6.45) is 1.66. The van der Waals surface area contributed by atoms with Gasteiger partial charge in [-0.25, -0.2) is 0 Å². The topological polar surface area (TPSA) is 77.0 Å². The van der Waals surface area contributed by atoms with E-state index in [-0.39, 0.29) is 5.56 Å². The molecule has 6 nitrogen and oxygen atoms in total. The molecule has 8 heteroatoms. The van der Waals surface area contributed by atoms with Gasteiger partial charge < -0.3 is 15.2 Å². The summed E-state index contributed by atoms with van der Waals surface area (Å²) in [5.41, 5.74) is 6.21. The van der Waals surface area contributed by atoms with Crippen molar-refractivity contribution in [3.8, 4) is 0 Å². The number of aromatic nitrogens is 3. The molecule has 0 saturated heterocycles. The first kappa shape index (κ1) is 13.9. The van der Waals surface area contributed by atoms with Gasteiger partial charge in [-0.1, -0.05) is 23.1 Å². The van der Waals surface area contributed by atoms with E-state index in [1.54, 1.807) is 28.6 Å². The predicted octanol–water partition coefficient (Wildman–Crippen LogP) is 1.14. The Kier molecular flexibility index (Phi) is 4.43. The molecule has 0 amide bonds. The molecule has 2 aromatic rings. The van der Waals surface area contributed by atoms with Crippen LogP contribution in [-0.4, -0.2) is 34.6 Å². The van der Waals surface area contributed by atoms with E-state index in [0.717, 1.165) is 15.2 Å². The Morgan fingerprint density at radius 2 is 2.21 bits per heavy atom. The van der Waals surface area contributed by atoms with Crippen LogP contribution in [0.15, 0.2) is 27.5 Å². The number of anilines is 2. The molecule has 2 rings (SSSR count). The van der Waals surface area contributed by atoms with Gasteiger partial charge in [0.2, 0.25) is 5.13 Å². The van der Waals surface area contributed by atoms with E-state index in [1.807, 2.05) is 19.0 Å². The van der Waals surface area contributed by atoms with E-state index in [1.165, 1.54) is 17.4 Å². The molecule has 0 radical (unpaired) electrons. The van der Waals surface area contributed by atoms with E-state index < -0.39 is 0 Å². The summed E-state index contributed by atoms with van der Waals surface area (Å²) >= 11 is 3.12. The largest absolute Gasteiger partial charge is 0.398 e. The van der Waals surface area contributed by atoms with E-state index in [4.69, 9.17) is 5.73 Å². The Balaban J connectivity index is 1.92. The zero-order chi connectivity index (χ0) is 13.8. The molecule has 0 aliphatic rings. The molecule has 0 spiro atoms. The zero-order valence-electron chi connectivity index (χ0n) is 10.7. The highest BCUT2D eigenvalue weighted by Crippen LogP contribution is 2.26. The molecule has 0 bridgehead atoms. The second-order valence-electron chi connectivity index (χ2n) is 4.09. The van der Waals surface area contributed by atoms with Crippen molar-refractivity contribution in [2.45, 2.75) is 10.9 Å². The number of nitrogen functional groups attached to an aromatic ring is 1. The first-order valence-electron chi connectivity index (χ1n) is 5.66. The molecule has 2 N–H and O–H groups in total. The predicted molar refractivity (Wildman–Crippen MR) is 80.1 cm³/mol. The Morgan fingerprint density at radius 1 is 1.42 bits per heavy atom. The third-order valence-electron chi connectivity index (χ3n) is 2.34. The lowest BCUT2D eigenvalue weighted by atomic mass is 10.4. The molecule has 2 aromatic heterocycles. The standard InChI is InChI=1S/C11H15N5OS2/c1-15(2)10-13-14-11(19-10)18-6-5-16-7-8(12)3-4-9(16)17/h3-4,7H,5-6,12H2,1-2H3. The molecule has 2 heterocycles. The highest BCUT2D eigenvalue weighted by atomic mass is 32.2. The Labute approximate surface area is 119 Å². The lowest BCUT2D eigenvalue weighted by molar-refractivity contribution is 0.736. The van der Waals surface area contributed by atoms with Crippen molar-refractivity contribution < 1.29 is 0 Å². The van der Waals surface area contributed by atoms with Gasteiger partial charge in [-0.15, -0.1) is 10.2 Å². The Bertz CT molecular complexity index is 607. The van der Waals surface area contributed by atoms with Crippen LogP contribution in [0.1, 0.15) is 0 Å². The number of aryl methyl sites for hydroxylation is 1. The van der Waals surface area contributed by atoms with Crippen molar-refractivity contribution in [2.75, 3.05) is 30.5 Å². The number of nitrogens with zero attached hydrogens (tertiary/aromatic N) is 4. The smallest absolute Gasteiger partial charge is 0.250 e. The van der Waals surface area contributed by atoms with E-state index in [9.17, 15) is 4.79 Å². The molecule has 0 saturated carbocycles. The van der Waals surface area contributed by atoms with Crippen molar-refractivity contribution in [3.05, 3.63) is 28.7 Å². The summed E-state index contributed by atoms with van der Waals surface area (Å²) in [5, 5.41) is 9.02. The molecular weight excluding hydrogens is 282 g/mol. The van der Waals surface area contributed by atoms with Gasteiger partial charge in [0.05, 0.1) is 0 Å². The molecular formula is C11H15N5OS2. The number of thioether (sulfide) groups is 1. The van der Waals surface area contributed by atoms with Gasteiger partial charge in [-0.05, 0) is 6.07 Å². The molecule has 0 aliphatic heterocycles. The average Bonchev–Trinajstić information content (AvgIpc) is 2.82. The second kappa shape index (κ2) is 6.07. The van der Waals surface area contributed by atoms with Gasteiger partial charge >= 0.3 is 0 Å². The minimum Gasteiger partial charge on any atom is -0.398 e. The first-order chi connectivity index (χ1) is 9.06. The Morgan fingerprint density at radius 3 is 2.89 bits per heavy atom. The van der Waals surface area contributed by atoms with Gasteiger partial charge in [0.15, 0.2) is 4.34 Å². The zero-order valence-corrected chi connectivity index (χ0v) is 12.4. The van der Waals surface area contributed by atoms with Crippen LogP contribution < -0.4 is 16.2 Å². The second-order valence-corrected chi connectivity index (χ2v) is 6.39. The molecule has 0 atom stereocenters. The number of hydrogen-bond donors (Lipinski definition) is 1. The minimum atomic E-state index is -0.0407. The number of rotatable bonds is 5. The van der Waals surface area contributed by atoms with Crippen molar-refractivity contribution >= 4 is 33.9 Å². The fourth-order valence-corrected chi connectivity index (χ4v) is 3.17. The monoisotopic (exact) mass is 297 g/mol. The van der Waals surface area contributed by atoms with Gasteiger partial charge in [0, 0.05) is 44.3 Å². The summed E-state index contributed by atoms with van der Waals surface area (Å²) < 4.78 is 2.51. The van der Waals surface area contributed by atoms with Crippen molar-refractivity contribution in [3.63, 3.8) is 0 Å². The quantitative estimate of drug-likeness (QED) is 0.834. The summed E-state index contributed by atoms with van der Waals surface area (Å²) in [4.78, 5) is 13.5. The third kappa shape index (κ3) is 3.71. The SMILES string of the molecule is CN(C)c1nnc(SCCn2cc(N)ccc2=O)s1.